The lowest BCUT2D eigenvalue weighted by Crippen LogP contribution is -2.38. The third-order valence-electron chi connectivity index (χ3n) is 6.69. The SMILES string of the molecule is O=C(O)/C(=N/OCc1ccc2c(c1)OCO2)c1csc(NC(c2ccccc2)(c2ccccc2)c2ccccc2)n1. The fourth-order valence-corrected chi connectivity index (χ4v) is 5.53. The predicted molar refractivity (Wildman–Crippen MR) is 156 cm³/mol. The van der Waals surface area contributed by atoms with E-state index in [1.165, 1.54) is 11.3 Å². The number of ether oxygens (including phenoxy) is 2. The Balaban J connectivity index is 1.32. The molecular weight excluding hydrogens is 538 g/mol. The molecule has 0 atom stereocenters. The lowest BCUT2D eigenvalue weighted by Gasteiger charge is -2.36. The smallest absolute Gasteiger partial charge is 0.360 e. The van der Waals surface area contributed by atoms with Crippen LogP contribution in [0.1, 0.15) is 27.9 Å². The van der Waals surface area contributed by atoms with Gasteiger partial charge in [0, 0.05) is 5.38 Å². The molecule has 0 saturated heterocycles. The number of rotatable bonds is 10. The van der Waals surface area contributed by atoms with Gasteiger partial charge in [-0.05, 0) is 34.4 Å². The van der Waals surface area contributed by atoms with E-state index in [0.717, 1.165) is 22.3 Å². The molecule has 0 aliphatic carbocycles. The molecule has 2 N–H and O–H groups in total. The number of thiazole rings is 1. The first-order valence-electron chi connectivity index (χ1n) is 12.9. The van der Waals surface area contributed by atoms with E-state index >= 15 is 0 Å². The second-order valence-corrected chi connectivity index (χ2v) is 10.1. The minimum atomic E-state index is -1.24. The molecule has 5 aromatic rings. The average molecular weight is 564 g/mol. The number of aromatic nitrogens is 1. The highest BCUT2D eigenvalue weighted by atomic mass is 32.1. The van der Waals surface area contributed by atoms with Crippen molar-refractivity contribution in [2.75, 3.05) is 12.1 Å². The maximum atomic E-state index is 12.2. The molecule has 0 amide bonds. The van der Waals surface area contributed by atoms with Crippen molar-refractivity contribution >= 4 is 28.1 Å². The van der Waals surface area contributed by atoms with E-state index in [-0.39, 0.29) is 24.8 Å². The highest BCUT2D eigenvalue weighted by Crippen LogP contribution is 2.40. The number of nitrogens with zero attached hydrogens (tertiary/aromatic N) is 2. The number of carbonyl (C=O) groups is 1. The van der Waals surface area contributed by atoms with Gasteiger partial charge in [0.15, 0.2) is 16.6 Å². The third-order valence-corrected chi connectivity index (χ3v) is 7.45. The molecule has 0 saturated carbocycles. The summed E-state index contributed by atoms with van der Waals surface area (Å²) >= 11 is 1.30. The van der Waals surface area contributed by atoms with Gasteiger partial charge in [0.25, 0.3) is 0 Å². The molecule has 204 valence electrons. The number of carboxylic acid groups (broad SMARTS) is 1. The normalized spacial score (nSPS) is 12.6. The van der Waals surface area contributed by atoms with Crippen LogP contribution in [0.25, 0.3) is 0 Å². The first-order valence-corrected chi connectivity index (χ1v) is 13.7. The molecule has 41 heavy (non-hydrogen) atoms. The summed E-state index contributed by atoms with van der Waals surface area (Å²) in [6, 6.07) is 35.7. The highest BCUT2D eigenvalue weighted by Gasteiger charge is 2.37. The molecule has 9 heteroatoms. The van der Waals surface area contributed by atoms with E-state index in [9.17, 15) is 9.90 Å². The minimum Gasteiger partial charge on any atom is -0.476 e. The molecule has 4 aromatic carbocycles. The van der Waals surface area contributed by atoms with Crippen LogP contribution in [-0.2, 0) is 21.8 Å². The summed E-state index contributed by atoms with van der Waals surface area (Å²) in [4.78, 5) is 22.2. The van der Waals surface area contributed by atoms with Crippen LogP contribution in [0.2, 0.25) is 0 Å². The fraction of sp³-hybridized carbons (Fsp3) is 0.0938. The van der Waals surface area contributed by atoms with Crippen molar-refractivity contribution in [1.82, 2.24) is 4.98 Å². The summed E-state index contributed by atoms with van der Waals surface area (Å²) in [6.45, 7) is 0.225. The zero-order valence-corrected chi connectivity index (χ0v) is 22.6. The summed E-state index contributed by atoms with van der Waals surface area (Å²) in [7, 11) is 0. The van der Waals surface area contributed by atoms with Gasteiger partial charge in [0.1, 0.15) is 17.8 Å². The van der Waals surface area contributed by atoms with Gasteiger partial charge >= 0.3 is 5.97 Å². The largest absolute Gasteiger partial charge is 0.476 e. The molecule has 0 bridgehead atoms. The molecule has 2 heterocycles. The molecule has 6 rings (SSSR count). The van der Waals surface area contributed by atoms with Crippen LogP contribution in [0.4, 0.5) is 5.13 Å². The quantitative estimate of drug-likeness (QED) is 0.117. The second kappa shape index (κ2) is 11.5. The van der Waals surface area contributed by atoms with E-state index in [4.69, 9.17) is 14.3 Å². The Bertz CT molecular complexity index is 1580. The van der Waals surface area contributed by atoms with Crippen molar-refractivity contribution in [3.8, 4) is 11.5 Å². The van der Waals surface area contributed by atoms with Crippen molar-refractivity contribution in [3.63, 3.8) is 0 Å². The van der Waals surface area contributed by atoms with Gasteiger partial charge < -0.3 is 24.7 Å². The first kappa shape index (κ1) is 26.1. The molecule has 0 unspecified atom stereocenters. The Kier molecular flexibility index (Phi) is 7.34. The molecule has 0 radical (unpaired) electrons. The molecule has 0 fully saturated rings. The van der Waals surface area contributed by atoms with Crippen LogP contribution in [0, 0.1) is 0 Å². The Morgan fingerprint density at radius 3 is 2.05 bits per heavy atom. The molecule has 1 aromatic heterocycles. The molecule has 0 spiro atoms. The summed E-state index contributed by atoms with van der Waals surface area (Å²) in [6.07, 6.45) is 0. The van der Waals surface area contributed by atoms with Crippen LogP contribution in [0.3, 0.4) is 0 Å². The van der Waals surface area contributed by atoms with Crippen molar-refractivity contribution in [1.29, 1.82) is 0 Å². The number of fused-ring (bicyclic) bond motifs is 1. The van der Waals surface area contributed by atoms with E-state index in [1.54, 1.807) is 17.5 Å². The maximum Gasteiger partial charge on any atom is 0.360 e. The first-order chi connectivity index (χ1) is 20.1. The summed E-state index contributed by atoms with van der Waals surface area (Å²) < 4.78 is 10.7. The fourth-order valence-electron chi connectivity index (χ4n) is 4.78. The number of hydrogen-bond donors (Lipinski definition) is 2. The van der Waals surface area contributed by atoms with Gasteiger partial charge in [-0.1, -0.05) is 102 Å². The van der Waals surface area contributed by atoms with E-state index in [2.05, 4.69) is 51.9 Å². The second-order valence-electron chi connectivity index (χ2n) is 9.22. The average Bonchev–Trinajstić information content (AvgIpc) is 3.68. The molecule has 8 nitrogen and oxygen atoms in total. The zero-order valence-electron chi connectivity index (χ0n) is 21.8. The maximum absolute atomic E-state index is 12.2. The number of nitrogens with one attached hydrogen (secondary N) is 1. The van der Waals surface area contributed by atoms with Gasteiger partial charge in [-0.2, -0.15) is 0 Å². The molecule has 1 aliphatic heterocycles. The number of benzene rings is 4. The monoisotopic (exact) mass is 563 g/mol. The number of anilines is 1. The van der Waals surface area contributed by atoms with Gasteiger partial charge in [-0.3, -0.25) is 0 Å². The number of oxime groups is 1. The lowest BCUT2D eigenvalue weighted by molar-refractivity contribution is -0.129. The van der Waals surface area contributed by atoms with E-state index < -0.39 is 11.5 Å². The predicted octanol–water partition coefficient (Wildman–Crippen LogP) is 6.28. The lowest BCUT2D eigenvalue weighted by atomic mass is 9.77. The van der Waals surface area contributed by atoms with Gasteiger partial charge in [0.05, 0.1) is 0 Å². The standard InChI is InChI=1S/C32H25N3O5S/c36-30(37)29(35-40-19-22-16-17-27-28(18-22)39-21-38-27)26-20-41-31(33-26)34-32(23-10-4-1-5-11-23,24-12-6-2-7-13-24)25-14-8-3-9-15-25/h1-18,20H,19,21H2,(H,33,34)(H,36,37)/b35-29+. The number of aliphatic carboxylic acids is 1. The Morgan fingerprint density at radius 2 is 1.46 bits per heavy atom. The van der Waals surface area contributed by atoms with Gasteiger partial charge in [0.2, 0.25) is 12.5 Å². The molecule has 1 aliphatic rings. The topological polar surface area (TPSA) is 102 Å². The Morgan fingerprint density at radius 1 is 0.878 bits per heavy atom. The van der Waals surface area contributed by atoms with Crippen LogP contribution < -0.4 is 14.8 Å². The molecular formula is C32H25N3O5S. The van der Waals surface area contributed by atoms with Crippen molar-refractivity contribution in [2.24, 2.45) is 5.16 Å². The van der Waals surface area contributed by atoms with Crippen LogP contribution in [0.15, 0.2) is 120 Å². The van der Waals surface area contributed by atoms with Crippen LogP contribution in [0.5, 0.6) is 11.5 Å². The highest BCUT2D eigenvalue weighted by molar-refractivity contribution is 7.14. The number of carboxylic acids is 1. The zero-order chi connectivity index (χ0) is 28.1. The Labute approximate surface area is 240 Å². The van der Waals surface area contributed by atoms with E-state index in [0.29, 0.717) is 16.6 Å². The Hall–Kier alpha value is -5.15. The van der Waals surface area contributed by atoms with Crippen molar-refractivity contribution in [3.05, 3.63) is 143 Å². The van der Waals surface area contributed by atoms with Crippen molar-refractivity contribution < 1.29 is 24.2 Å². The number of hydrogen-bond acceptors (Lipinski definition) is 8. The van der Waals surface area contributed by atoms with Crippen LogP contribution >= 0.6 is 11.3 Å². The minimum absolute atomic E-state index is 0.0573. The van der Waals surface area contributed by atoms with Crippen LogP contribution in [-0.4, -0.2) is 28.6 Å². The van der Waals surface area contributed by atoms with Gasteiger partial charge in [-0.25, -0.2) is 9.78 Å². The summed E-state index contributed by atoms with van der Waals surface area (Å²) in [5.41, 5.74) is 2.89. The van der Waals surface area contributed by atoms with E-state index in [1.807, 2.05) is 60.7 Å². The summed E-state index contributed by atoms with van der Waals surface area (Å²) in [5, 5.41) is 19.7. The summed E-state index contributed by atoms with van der Waals surface area (Å²) in [5.74, 6) is 0.0269. The van der Waals surface area contributed by atoms with Gasteiger partial charge in [-0.15, -0.1) is 11.3 Å². The van der Waals surface area contributed by atoms with Crippen molar-refractivity contribution in [2.45, 2.75) is 12.1 Å². The third kappa shape index (κ3) is 5.35.